The van der Waals surface area contributed by atoms with Gasteiger partial charge in [0, 0.05) is 20.3 Å². The van der Waals surface area contributed by atoms with E-state index in [0.29, 0.717) is 26.3 Å². The molecule has 1 aromatic rings. The second kappa shape index (κ2) is 9.22. The summed E-state index contributed by atoms with van der Waals surface area (Å²) >= 11 is 0. The normalized spacial score (nSPS) is 10.0. The lowest BCUT2D eigenvalue weighted by Crippen LogP contribution is -2.38. The molecule has 5 heteroatoms. The van der Waals surface area contributed by atoms with Crippen LogP contribution in [-0.4, -0.2) is 39.4 Å². The van der Waals surface area contributed by atoms with Crippen LogP contribution in [0.25, 0.3) is 0 Å². The summed E-state index contributed by atoms with van der Waals surface area (Å²) in [5.41, 5.74) is 1.15. The summed E-state index contributed by atoms with van der Waals surface area (Å²) in [7, 11) is 1.64. The van der Waals surface area contributed by atoms with E-state index in [1.54, 1.807) is 7.11 Å². The Hall–Kier alpha value is -1.75. The summed E-state index contributed by atoms with van der Waals surface area (Å²) in [5.74, 6) is 0.822. The van der Waals surface area contributed by atoms with Crippen molar-refractivity contribution in [1.82, 2.24) is 10.6 Å². The highest BCUT2D eigenvalue weighted by Crippen LogP contribution is 2.11. The predicted octanol–water partition coefficient (Wildman–Crippen LogP) is 1.71. The number of nitrogens with one attached hydrogen (secondary N) is 2. The van der Waals surface area contributed by atoms with E-state index < -0.39 is 0 Å². The molecule has 0 aromatic heterocycles. The molecule has 2 amide bonds. The van der Waals surface area contributed by atoms with Gasteiger partial charge >= 0.3 is 6.03 Å². The standard InChI is InChI=1S/C14H22N2O3/c1-12-5-3-6-13(11-12)19-10-8-16-14(17)15-7-4-9-18-2/h3,5-6,11H,4,7-10H2,1-2H3,(H2,15,16,17). The Morgan fingerprint density at radius 2 is 2.00 bits per heavy atom. The third-order valence-corrected chi connectivity index (χ3v) is 2.46. The van der Waals surface area contributed by atoms with Gasteiger partial charge in [-0.1, -0.05) is 12.1 Å². The summed E-state index contributed by atoms with van der Waals surface area (Å²) in [6.45, 7) is 4.20. The Balaban J connectivity index is 2.05. The zero-order chi connectivity index (χ0) is 13.9. The van der Waals surface area contributed by atoms with Crippen molar-refractivity contribution in [2.75, 3.05) is 33.4 Å². The number of methoxy groups -OCH3 is 1. The number of ether oxygens (including phenoxy) is 2. The fraction of sp³-hybridized carbons (Fsp3) is 0.500. The van der Waals surface area contributed by atoms with Gasteiger partial charge in [0.25, 0.3) is 0 Å². The highest BCUT2D eigenvalue weighted by Gasteiger charge is 1.99. The van der Waals surface area contributed by atoms with Gasteiger partial charge in [-0.25, -0.2) is 4.79 Å². The molecule has 0 unspecified atom stereocenters. The Morgan fingerprint density at radius 3 is 2.74 bits per heavy atom. The Labute approximate surface area is 114 Å². The topological polar surface area (TPSA) is 59.6 Å². The SMILES string of the molecule is COCCCNC(=O)NCCOc1cccc(C)c1. The van der Waals surface area contributed by atoms with Crippen LogP contribution in [-0.2, 0) is 4.74 Å². The van der Waals surface area contributed by atoms with Gasteiger partial charge < -0.3 is 20.1 Å². The van der Waals surface area contributed by atoms with Gasteiger partial charge in [-0.3, -0.25) is 0 Å². The molecule has 0 bridgehead atoms. The number of carbonyl (C=O) groups is 1. The maximum Gasteiger partial charge on any atom is 0.314 e. The molecule has 106 valence electrons. The Bertz CT molecular complexity index is 383. The summed E-state index contributed by atoms with van der Waals surface area (Å²) in [6.07, 6.45) is 0.809. The van der Waals surface area contributed by atoms with Crippen LogP contribution in [0.2, 0.25) is 0 Å². The monoisotopic (exact) mass is 266 g/mol. The van der Waals surface area contributed by atoms with Crippen molar-refractivity contribution in [2.24, 2.45) is 0 Å². The van der Waals surface area contributed by atoms with Gasteiger partial charge in [-0.15, -0.1) is 0 Å². The van der Waals surface area contributed by atoms with E-state index in [9.17, 15) is 4.79 Å². The van der Waals surface area contributed by atoms with Gasteiger partial charge in [0.2, 0.25) is 0 Å². The largest absolute Gasteiger partial charge is 0.492 e. The van der Waals surface area contributed by atoms with Crippen molar-refractivity contribution in [2.45, 2.75) is 13.3 Å². The average molecular weight is 266 g/mol. The molecule has 0 saturated heterocycles. The molecule has 1 aromatic carbocycles. The smallest absolute Gasteiger partial charge is 0.314 e. The van der Waals surface area contributed by atoms with E-state index >= 15 is 0 Å². The van der Waals surface area contributed by atoms with E-state index in [2.05, 4.69) is 10.6 Å². The van der Waals surface area contributed by atoms with Gasteiger partial charge in [0.15, 0.2) is 0 Å². The van der Waals surface area contributed by atoms with E-state index in [1.807, 2.05) is 31.2 Å². The lowest BCUT2D eigenvalue weighted by molar-refractivity contribution is 0.193. The minimum atomic E-state index is -0.177. The summed E-state index contributed by atoms with van der Waals surface area (Å²) in [5, 5.41) is 5.47. The average Bonchev–Trinajstić information content (AvgIpc) is 2.40. The molecule has 0 radical (unpaired) electrons. The summed E-state index contributed by atoms with van der Waals surface area (Å²) in [4.78, 5) is 11.4. The third kappa shape index (κ3) is 7.31. The number of urea groups is 1. The van der Waals surface area contributed by atoms with Crippen molar-refractivity contribution < 1.29 is 14.3 Å². The minimum absolute atomic E-state index is 0.177. The lowest BCUT2D eigenvalue weighted by Gasteiger charge is -2.09. The molecule has 0 atom stereocenters. The molecule has 2 N–H and O–H groups in total. The highest BCUT2D eigenvalue weighted by atomic mass is 16.5. The van der Waals surface area contributed by atoms with Gasteiger partial charge in [0.1, 0.15) is 12.4 Å². The minimum Gasteiger partial charge on any atom is -0.492 e. The summed E-state index contributed by atoms with van der Waals surface area (Å²) in [6, 6.07) is 7.64. The van der Waals surface area contributed by atoms with E-state index in [1.165, 1.54) is 0 Å². The fourth-order valence-corrected chi connectivity index (χ4v) is 1.52. The Morgan fingerprint density at radius 1 is 1.21 bits per heavy atom. The molecule has 0 aliphatic carbocycles. The van der Waals surface area contributed by atoms with Crippen molar-refractivity contribution in [3.05, 3.63) is 29.8 Å². The third-order valence-electron chi connectivity index (χ3n) is 2.46. The van der Waals surface area contributed by atoms with Crippen LogP contribution in [0.3, 0.4) is 0 Å². The number of aryl methyl sites for hydroxylation is 1. The quantitative estimate of drug-likeness (QED) is 0.704. The first-order chi connectivity index (χ1) is 9.22. The number of carbonyl (C=O) groups excluding carboxylic acids is 1. The van der Waals surface area contributed by atoms with Gasteiger partial charge in [0.05, 0.1) is 6.54 Å². The fourth-order valence-electron chi connectivity index (χ4n) is 1.52. The second-order valence-corrected chi connectivity index (χ2v) is 4.19. The van der Waals surface area contributed by atoms with E-state index in [-0.39, 0.29) is 6.03 Å². The molecule has 19 heavy (non-hydrogen) atoms. The molecule has 0 aliphatic heterocycles. The van der Waals surface area contributed by atoms with Crippen LogP contribution in [0, 0.1) is 6.92 Å². The molecular weight excluding hydrogens is 244 g/mol. The molecular formula is C14H22N2O3. The van der Waals surface area contributed by atoms with E-state index in [0.717, 1.165) is 17.7 Å². The van der Waals surface area contributed by atoms with Crippen molar-refractivity contribution in [3.8, 4) is 5.75 Å². The molecule has 1 rings (SSSR count). The number of benzene rings is 1. The number of hydrogen-bond donors (Lipinski definition) is 2. The maximum absolute atomic E-state index is 11.4. The molecule has 0 saturated carbocycles. The van der Waals surface area contributed by atoms with Gasteiger partial charge in [-0.05, 0) is 31.0 Å². The predicted molar refractivity (Wildman–Crippen MR) is 74.6 cm³/mol. The lowest BCUT2D eigenvalue weighted by atomic mass is 10.2. The number of hydrogen-bond acceptors (Lipinski definition) is 3. The van der Waals surface area contributed by atoms with Crippen LogP contribution < -0.4 is 15.4 Å². The van der Waals surface area contributed by atoms with Crippen LogP contribution in [0.5, 0.6) is 5.75 Å². The first-order valence-corrected chi connectivity index (χ1v) is 6.42. The van der Waals surface area contributed by atoms with Crippen molar-refractivity contribution >= 4 is 6.03 Å². The molecule has 0 spiro atoms. The van der Waals surface area contributed by atoms with Gasteiger partial charge in [-0.2, -0.15) is 0 Å². The first kappa shape index (κ1) is 15.3. The number of amides is 2. The van der Waals surface area contributed by atoms with Crippen LogP contribution >= 0.6 is 0 Å². The molecule has 0 aliphatic rings. The molecule has 0 heterocycles. The van der Waals surface area contributed by atoms with Crippen LogP contribution in [0.1, 0.15) is 12.0 Å². The van der Waals surface area contributed by atoms with Crippen molar-refractivity contribution in [3.63, 3.8) is 0 Å². The van der Waals surface area contributed by atoms with Crippen molar-refractivity contribution in [1.29, 1.82) is 0 Å². The zero-order valence-electron chi connectivity index (χ0n) is 11.6. The van der Waals surface area contributed by atoms with Crippen LogP contribution in [0.15, 0.2) is 24.3 Å². The maximum atomic E-state index is 11.4. The first-order valence-electron chi connectivity index (χ1n) is 6.42. The van der Waals surface area contributed by atoms with E-state index in [4.69, 9.17) is 9.47 Å². The highest BCUT2D eigenvalue weighted by molar-refractivity contribution is 5.73. The number of rotatable bonds is 8. The Kier molecular flexibility index (Phi) is 7.43. The molecule has 0 fully saturated rings. The summed E-state index contributed by atoms with van der Waals surface area (Å²) < 4.78 is 10.4. The van der Waals surface area contributed by atoms with Crippen LogP contribution in [0.4, 0.5) is 4.79 Å². The molecule has 5 nitrogen and oxygen atoms in total. The second-order valence-electron chi connectivity index (χ2n) is 4.19. The zero-order valence-corrected chi connectivity index (χ0v) is 11.6.